The van der Waals surface area contributed by atoms with Gasteiger partial charge in [0.15, 0.2) is 0 Å². The van der Waals surface area contributed by atoms with Crippen LogP contribution in [0.4, 0.5) is 5.82 Å². The van der Waals surface area contributed by atoms with Gasteiger partial charge < -0.3 is 5.32 Å². The van der Waals surface area contributed by atoms with Gasteiger partial charge in [-0.05, 0) is 34.3 Å². The van der Waals surface area contributed by atoms with Gasteiger partial charge >= 0.3 is 0 Å². The van der Waals surface area contributed by atoms with E-state index in [2.05, 4.69) is 67.5 Å². The molecule has 0 spiro atoms. The molecule has 0 aromatic carbocycles. The summed E-state index contributed by atoms with van der Waals surface area (Å²) in [6.07, 6.45) is 0. The normalized spacial score (nSPS) is 12.0. The first-order chi connectivity index (χ1) is 8.75. The topological polar surface area (TPSA) is 37.8 Å². The lowest BCUT2D eigenvalue weighted by Gasteiger charge is -2.21. The molecule has 1 N–H and O–H groups in total. The molecule has 0 saturated heterocycles. The molecule has 19 heavy (non-hydrogen) atoms. The third kappa shape index (κ3) is 5.10. The first-order valence-electron chi connectivity index (χ1n) is 6.58. The van der Waals surface area contributed by atoms with Crippen molar-refractivity contribution in [2.75, 3.05) is 18.1 Å². The van der Waals surface area contributed by atoms with Gasteiger partial charge in [-0.1, -0.05) is 34.6 Å². The fourth-order valence-electron chi connectivity index (χ4n) is 1.61. The quantitative estimate of drug-likeness (QED) is 0.757. The second kappa shape index (κ2) is 7.11. The first-order valence-corrected chi connectivity index (χ1v) is 8.81. The van der Waals surface area contributed by atoms with Crippen molar-refractivity contribution >= 4 is 40.2 Å². The molecule has 108 valence electrons. The van der Waals surface area contributed by atoms with Crippen LogP contribution >= 0.6 is 34.4 Å². The molecule has 0 atom stereocenters. The molecule has 0 fully saturated rings. The van der Waals surface area contributed by atoms with Gasteiger partial charge in [-0.2, -0.15) is 11.8 Å². The van der Waals surface area contributed by atoms with Crippen molar-refractivity contribution in [3.05, 3.63) is 15.1 Å². The highest BCUT2D eigenvalue weighted by atomic mass is 127. The van der Waals surface area contributed by atoms with Crippen LogP contribution in [0.2, 0.25) is 0 Å². The molecule has 0 saturated carbocycles. The van der Waals surface area contributed by atoms with Gasteiger partial charge in [0.05, 0.1) is 15.0 Å². The van der Waals surface area contributed by atoms with Gasteiger partial charge in [-0.15, -0.1) is 0 Å². The van der Waals surface area contributed by atoms with Crippen LogP contribution < -0.4 is 5.32 Å². The van der Waals surface area contributed by atoms with Gasteiger partial charge in [0.1, 0.15) is 11.6 Å². The standard InChI is InChI=1S/C14H24IN3S/c1-9(2)7-19-8-10-17-12(14(3,4)5)11(15)13(16-6)18-10/h9H,7-8H2,1-6H3,(H,16,17,18). The lowest BCUT2D eigenvalue weighted by molar-refractivity contribution is 0.560. The number of halogens is 1. The van der Waals surface area contributed by atoms with Gasteiger partial charge in [0, 0.05) is 12.5 Å². The Bertz CT molecular complexity index is 427. The molecule has 1 aromatic heterocycles. The van der Waals surface area contributed by atoms with E-state index >= 15 is 0 Å². The highest BCUT2D eigenvalue weighted by Crippen LogP contribution is 2.29. The van der Waals surface area contributed by atoms with E-state index in [1.165, 1.54) is 0 Å². The summed E-state index contributed by atoms with van der Waals surface area (Å²) in [5, 5.41) is 3.18. The number of aromatic nitrogens is 2. The third-order valence-corrected chi connectivity index (χ3v) is 4.91. The van der Waals surface area contributed by atoms with E-state index in [0.29, 0.717) is 5.92 Å². The van der Waals surface area contributed by atoms with E-state index in [0.717, 1.165) is 32.4 Å². The lowest BCUT2D eigenvalue weighted by atomic mass is 9.92. The SMILES string of the molecule is CNc1nc(CSCC(C)C)nc(C(C)(C)C)c1I. The van der Waals surface area contributed by atoms with E-state index in [-0.39, 0.29) is 5.41 Å². The molecule has 1 aromatic rings. The molecule has 0 bridgehead atoms. The maximum atomic E-state index is 4.77. The summed E-state index contributed by atoms with van der Waals surface area (Å²) in [6, 6.07) is 0. The fraction of sp³-hybridized carbons (Fsp3) is 0.714. The Morgan fingerprint density at radius 2 is 1.89 bits per heavy atom. The molecule has 0 aliphatic carbocycles. The average Bonchev–Trinajstić information content (AvgIpc) is 2.28. The average molecular weight is 393 g/mol. The molecule has 3 nitrogen and oxygen atoms in total. The van der Waals surface area contributed by atoms with Crippen molar-refractivity contribution in [3.63, 3.8) is 0 Å². The number of nitrogens with zero attached hydrogens (tertiary/aromatic N) is 2. The minimum atomic E-state index is 0.0442. The summed E-state index contributed by atoms with van der Waals surface area (Å²) >= 11 is 4.24. The highest BCUT2D eigenvalue weighted by molar-refractivity contribution is 14.1. The summed E-state index contributed by atoms with van der Waals surface area (Å²) in [4.78, 5) is 9.38. The predicted molar refractivity (Wildman–Crippen MR) is 94.0 cm³/mol. The smallest absolute Gasteiger partial charge is 0.143 e. The molecular weight excluding hydrogens is 369 g/mol. The predicted octanol–water partition coefficient (Wildman–Crippen LogP) is 4.31. The summed E-state index contributed by atoms with van der Waals surface area (Å²) in [7, 11) is 1.92. The van der Waals surface area contributed by atoms with Crippen molar-refractivity contribution in [2.24, 2.45) is 5.92 Å². The van der Waals surface area contributed by atoms with E-state index < -0.39 is 0 Å². The number of hydrogen-bond acceptors (Lipinski definition) is 4. The monoisotopic (exact) mass is 393 g/mol. The van der Waals surface area contributed by atoms with Crippen LogP contribution in [0.1, 0.15) is 46.1 Å². The van der Waals surface area contributed by atoms with Crippen LogP contribution in [0.15, 0.2) is 0 Å². The van der Waals surface area contributed by atoms with E-state index in [4.69, 9.17) is 4.98 Å². The zero-order chi connectivity index (χ0) is 14.6. The van der Waals surface area contributed by atoms with E-state index in [1.54, 1.807) is 0 Å². The van der Waals surface area contributed by atoms with Gasteiger partial charge in [-0.3, -0.25) is 0 Å². The van der Waals surface area contributed by atoms with Crippen molar-refractivity contribution in [3.8, 4) is 0 Å². The lowest BCUT2D eigenvalue weighted by Crippen LogP contribution is -2.19. The Balaban J connectivity index is 3.00. The van der Waals surface area contributed by atoms with E-state index in [1.807, 2.05) is 18.8 Å². The summed E-state index contributed by atoms with van der Waals surface area (Å²) in [5.41, 5.74) is 1.18. The molecule has 0 amide bonds. The maximum absolute atomic E-state index is 4.77. The fourth-order valence-corrected chi connectivity index (χ4v) is 3.83. The molecule has 1 rings (SSSR count). The second-order valence-electron chi connectivity index (χ2n) is 6.06. The highest BCUT2D eigenvalue weighted by Gasteiger charge is 2.22. The number of anilines is 1. The Morgan fingerprint density at radius 3 is 2.37 bits per heavy atom. The van der Waals surface area contributed by atoms with Crippen LogP contribution in [-0.2, 0) is 11.2 Å². The zero-order valence-corrected chi connectivity index (χ0v) is 15.6. The summed E-state index contributed by atoms with van der Waals surface area (Å²) < 4.78 is 1.13. The number of hydrogen-bond donors (Lipinski definition) is 1. The van der Waals surface area contributed by atoms with Gasteiger partial charge in [0.2, 0.25) is 0 Å². The second-order valence-corrected chi connectivity index (χ2v) is 8.17. The molecule has 0 aliphatic heterocycles. The number of nitrogens with one attached hydrogen (secondary N) is 1. The largest absolute Gasteiger partial charge is 0.372 e. The Kier molecular flexibility index (Phi) is 6.36. The van der Waals surface area contributed by atoms with Crippen LogP contribution in [0.25, 0.3) is 0 Å². The molecule has 0 aliphatic rings. The zero-order valence-electron chi connectivity index (χ0n) is 12.7. The van der Waals surface area contributed by atoms with Gasteiger partial charge in [-0.25, -0.2) is 9.97 Å². The van der Waals surface area contributed by atoms with Crippen molar-refractivity contribution in [1.29, 1.82) is 0 Å². The maximum Gasteiger partial charge on any atom is 0.143 e. The molecule has 5 heteroatoms. The van der Waals surface area contributed by atoms with Crippen molar-refractivity contribution in [1.82, 2.24) is 9.97 Å². The Morgan fingerprint density at radius 1 is 1.26 bits per heavy atom. The van der Waals surface area contributed by atoms with Crippen LogP contribution in [-0.4, -0.2) is 22.8 Å². The minimum absolute atomic E-state index is 0.0442. The van der Waals surface area contributed by atoms with E-state index in [9.17, 15) is 0 Å². The molecule has 1 heterocycles. The van der Waals surface area contributed by atoms with Crippen molar-refractivity contribution in [2.45, 2.75) is 45.8 Å². The molecule has 0 unspecified atom stereocenters. The molecular formula is C14H24IN3S. The number of rotatable bonds is 5. The molecule has 0 radical (unpaired) electrons. The number of thioether (sulfide) groups is 1. The minimum Gasteiger partial charge on any atom is -0.372 e. The van der Waals surface area contributed by atoms with Crippen LogP contribution in [0.3, 0.4) is 0 Å². The van der Waals surface area contributed by atoms with Crippen LogP contribution in [0, 0.1) is 9.49 Å². The van der Waals surface area contributed by atoms with Crippen LogP contribution in [0.5, 0.6) is 0 Å². The summed E-state index contributed by atoms with van der Waals surface area (Å²) in [5.74, 6) is 4.61. The Labute approximate surface area is 134 Å². The summed E-state index contributed by atoms with van der Waals surface area (Å²) in [6.45, 7) is 11.1. The van der Waals surface area contributed by atoms with Crippen molar-refractivity contribution < 1.29 is 0 Å². The third-order valence-electron chi connectivity index (χ3n) is 2.53. The Hall–Kier alpha value is -0.0400. The van der Waals surface area contributed by atoms with Gasteiger partial charge in [0.25, 0.3) is 0 Å². The first kappa shape index (κ1) is 17.0.